The fourth-order valence-corrected chi connectivity index (χ4v) is 1.37. The molecular weight excluding hydrogens is 224 g/mol. The van der Waals surface area contributed by atoms with E-state index in [-0.39, 0.29) is 4.90 Å². The van der Waals surface area contributed by atoms with Crippen LogP contribution < -0.4 is 0 Å². The van der Waals surface area contributed by atoms with Crippen LogP contribution in [0.4, 0.5) is 17.6 Å². The van der Waals surface area contributed by atoms with Crippen molar-refractivity contribution in [1.29, 1.82) is 0 Å². The molecule has 1 aliphatic rings. The summed E-state index contributed by atoms with van der Waals surface area (Å²) in [6.07, 6.45) is -2.91. The molecule has 0 fully saturated rings. The third-order valence-corrected chi connectivity index (χ3v) is 1.90. The van der Waals surface area contributed by atoms with Crippen LogP contribution in [0, 0.1) is 0 Å². The molecule has 0 saturated carbocycles. The zero-order valence-electron chi connectivity index (χ0n) is 7.09. The fourth-order valence-electron chi connectivity index (χ4n) is 1.06. The third-order valence-electron chi connectivity index (χ3n) is 1.59. The van der Waals surface area contributed by atoms with Gasteiger partial charge in [0.15, 0.2) is 6.17 Å². The van der Waals surface area contributed by atoms with Crippen LogP contribution in [0.15, 0.2) is 16.2 Å². The molecule has 0 aromatic heterocycles. The molecule has 0 aromatic carbocycles. The minimum Gasteiger partial charge on any atom is -0.275 e. The minimum absolute atomic E-state index is 0.0826. The average Bonchev–Trinajstić information content (AvgIpc) is 2.01. The highest BCUT2D eigenvalue weighted by atomic mass is 35.5. The lowest BCUT2D eigenvalue weighted by Gasteiger charge is -2.35. The number of aliphatic imine (C=N–C) groups is 1. The van der Waals surface area contributed by atoms with Crippen molar-refractivity contribution in [2.75, 3.05) is 0 Å². The lowest BCUT2D eigenvalue weighted by molar-refractivity contribution is -0.147. The number of nitrogens with zero attached hydrogens (tertiary/aromatic N) is 2. The van der Waals surface area contributed by atoms with E-state index < -0.39 is 23.8 Å². The molecule has 80 valence electrons. The lowest BCUT2D eigenvalue weighted by Crippen LogP contribution is -2.48. The molecule has 0 amide bonds. The molecule has 0 saturated heterocycles. The molecule has 14 heavy (non-hydrogen) atoms. The minimum atomic E-state index is -3.47. The first-order valence-electron chi connectivity index (χ1n) is 3.68. The summed E-state index contributed by atoms with van der Waals surface area (Å²) < 4.78 is 50.3. The lowest BCUT2D eigenvalue weighted by atomic mass is 10.3. The zero-order chi connectivity index (χ0) is 10.9. The van der Waals surface area contributed by atoms with Crippen LogP contribution in [-0.4, -0.2) is 29.8 Å². The largest absolute Gasteiger partial charge is 0.325 e. The molecule has 1 atom stereocenters. The normalized spacial score (nSPS) is 22.9. The van der Waals surface area contributed by atoms with Gasteiger partial charge in [0.2, 0.25) is 0 Å². The first-order chi connectivity index (χ1) is 6.34. The van der Waals surface area contributed by atoms with E-state index in [9.17, 15) is 17.6 Å². The quantitative estimate of drug-likeness (QED) is 0.526. The van der Waals surface area contributed by atoms with Crippen molar-refractivity contribution in [2.24, 2.45) is 4.99 Å². The molecule has 1 unspecified atom stereocenters. The van der Waals surface area contributed by atoms with Gasteiger partial charge in [-0.15, -0.1) is 0 Å². The molecule has 7 heteroatoms. The summed E-state index contributed by atoms with van der Waals surface area (Å²) in [5.41, 5.74) is 0. The van der Waals surface area contributed by atoms with Crippen molar-refractivity contribution in [3.63, 3.8) is 0 Å². The summed E-state index contributed by atoms with van der Waals surface area (Å²) in [5, 5.41) is -0.446. The van der Waals surface area contributed by atoms with E-state index in [4.69, 9.17) is 11.6 Å². The zero-order valence-corrected chi connectivity index (χ0v) is 7.85. The van der Waals surface area contributed by atoms with Crippen LogP contribution in [0.25, 0.3) is 0 Å². The van der Waals surface area contributed by atoms with Crippen LogP contribution in [0.1, 0.15) is 6.92 Å². The topological polar surface area (TPSA) is 15.6 Å². The molecule has 2 nitrogen and oxygen atoms in total. The van der Waals surface area contributed by atoms with Gasteiger partial charge in [0.1, 0.15) is 5.16 Å². The summed E-state index contributed by atoms with van der Waals surface area (Å²) in [6, 6.07) is -3.47. The Balaban J connectivity index is 2.98. The number of hydrogen-bond donors (Lipinski definition) is 0. The molecule has 0 bridgehead atoms. The Hall–Kier alpha value is -0.780. The van der Waals surface area contributed by atoms with E-state index in [1.165, 1.54) is 0 Å². The van der Waals surface area contributed by atoms with E-state index >= 15 is 0 Å². The molecule has 1 rings (SSSR count). The Labute approximate surface area is 82.9 Å². The second-order valence-electron chi connectivity index (χ2n) is 2.75. The van der Waals surface area contributed by atoms with Crippen molar-refractivity contribution in [1.82, 2.24) is 4.90 Å². The predicted octanol–water partition coefficient (Wildman–Crippen LogP) is 2.66. The van der Waals surface area contributed by atoms with Gasteiger partial charge in [-0.05, 0) is 6.08 Å². The van der Waals surface area contributed by atoms with Gasteiger partial charge in [-0.1, -0.05) is 11.6 Å². The molecule has 0 spiro atoms. The van der Waals surface area contributed by atoms with Gasteiger partial charge < -0.3 is 0 Å². The molecule has 0 aliphatic carbocycles. The molecular formula is C7H7ClF4N2. The van der Waals surface area contributed by atoms with E-state index in [1.54, 1.807) is 0 Å². The number of allylic oxidation sites excluding steroid dienone is 1. The van der Waals surface area contributed by atoms with Gasteiger partial charge in [0.05, 0.1) is 0 Å². The van der Waals surface area contributed by atoms with Gasteiger partial charge in [0.25, 0.3) is 6.43 Å². The van der Waals surface area contributed by atoms with Crippen molar-refractivity contribution in [3.05, 3.63) is 11.2 Å². The summed E-state index contributed by atoms with van der Waals surface area (Å²) in [5.74, 6) is 0. The first kappa shape index (κ1) is 11.3. The highest BCUT2D eigenvalue weighted by Gasteiger charge is 2.42. The maximum absolute atomic E-state index is 12.9. The highest BCUT2D eigenvalue weighted by molar-refractivity contribution is 6.30. The predicted molar refractivity (Wildman–Crippen MR) is 44.7 cm³/mol. The maximum atomic E-state index is 12.9. The van der Waals surface area contributed by atoms with Crippen molar-refractivity contribution >= 4 is 17.8 Å². The van der Waals surface area contributed by atoms with Crippen molar-refractivity contribution in [3.8, 4) is 0 Å². The van der Waals surface area contributed by atoms with Gasteiger partial charge in [-0.2, -0.15) is 8.78 Å². The molecule has 0 N–H and O–H groups in total. The Bertz CT molecular complexity index is 271. The van der Waals surface area contributed by atoms with Crippen LogP contribution in [0.2, 0.25) is 0 Å². The smallest absolute Gasteiger partial charge is 0.275 e. The fraction of sp³-hybridized carbons (Fsp3) is 0.571. The first-order valence-corrected chi connectivity index (χ1v) is 4.06. The SMILES string of the molecule is CC(F)(F)N1C(Cl)=CC=NC1C(F)F. The van der Waals surface area contributed by atoms with Gasteiger partial charge in [-0.3, -0.25) is 9.89 Å². The van der Waals surface area contributed by atoms with Crippen LogP contribution >= 0.6 is 11.6 Å². The van der Waals surface area contributed by atoms with Gasteiger partial charge in [0, 0.05) is 13.1 Å². The van der Waals surface area contributed by atoms with Crippen LogP contribution in [0.3, 0.4) is 0 Å². The van der Waals surface area contributed by atoms with Crippen molar-refractivity contribution in [2.45, 2.75) is 25.6 Å². The molecule has 1 aliphatic heterocycles. The van der Waals surface area contributed by atoms with E-state index in [1.807, 2.05) is 0 Å². The second kappa shape index (κ2) is 3.76. The van der Waals surface area contributed by atoms with E-state index in [2.05, 4.69) is 4.99 Å². The Morgan fingerprint density at radius 1 is 1.57 bits per heavy atom. The monoisotopic (exact) mass is 230 g/mol. The summed E-state index contributed by atoms with van der Waals surface area (Å²) in [7, 11) is 0. The summed E-state index contributed by atoms with van der Waals surface area (Å²) in [4.78, 5) is 3.32. The van der Waals surface area contributed by atoms with Crippen molar-refractivity contribution < 1.29 is 17.6 Å². The third kappa shape index (κ3) is 2.17. The Morgan fingerprint density at radius 3 is 2.50 bits per heavy atom. The summed E-state index contributed by atoms with van der Waals surface area (Å²) in [6.45, 7) is 0.486. The highest BCUT2D eigenvalue weighted by Crippen LogP contribution is 2.32. The number of halogens is 5. The van der Waals surface area contributed by atoms with E-state index in [0.29, 0.717) is 6.92 Å². The summed E-state index contributed by atoms with van der Waals surface area (Å²) >= 11 is 5.39. The Kier molecular flexibility index (Phi) is 3.04. The number of hydrogen-bond acceptors (Lipinski definition) is 2. The van der Waals surface area contributed by atoms with E-state index in [0.717, 1.165) is 12.3 Å². The number of rotatable bonds is 2. The number of alkyl halides is 4. The molecule has 1 heterocycles. The van der Waals surface area contributed by atoms with Crippen LogP contribution in [0.5, 0.6) is 0 Å². The van der Waals surface area contributed by atoms with Crippen LogP contribution in [-0.2, 0) is 0 Å². The molecule has 0 radical (unpaired) electrons. The second-order valence-corrected chi connectivity index (χ2v) is 3.13. The van der Waals surface area contributed by atoms with Gasteiger partial charge in [-0.25, -0.2) is 8.78 Å². The molecule has 0 aromatic rings. The Morgan fingerprint density at radius 2 is 2.14 bits per heavy atom. The standard InChI is InChI=1S/C7H7ClF4N2/c1-7(11,12)14-4(8)2-3-13-6(14)5(9)10/h2-3,5-6H,1H3. The van der Waals surface area contributed by atoms with Gasteiger partial charge >= 0.3 is 6.05 Å². The maximum Gasteiger partial charge on any atom is 0.325 e. The average molecular weight is 231 g/mol.